The zero-order valence-electron chi connectivity index (χ0n) is 15.5. The minimum atomic E-state index is -0.644. The molecule has 8 nitrogen and oxygen atoms in total. The van der Waals surface area contributed by atoms with Gasteiger partial charge in [0.05, 0.1) is 6.42 Å². The standard InChI is InChI=1S/C20H19N3O5/c1-22-16(11-18(25)23(2)20(22)27)21-17(24)12-28-19(26)10-14-8-5-7-13-6-3-4-9-15(13)14/h3-9,11H,10,12H2,1-2H3,(H,21,24). The first kappa shape index (κ1) is 19.1. The normalized spacial score (nSPS) is 10.6. The maximum Gasteiger partial charge on any atom is 0.332 e. The van der Waals surface area contributed by atoms with E-state index in [-0.39, 0.29) is 12.2 Å². The van der Waals surface area contributed by atoms with Gasteiger partial charge in [-0.05, 0) is 16.3 Å². The van der Waals surface area contributed by atoms with E-state index in [1.54, 1.807) is 0 Å². The van der Waals surface area contributed by atoms with Gasteiger partial charge in [0.15, 0.2) is 6.61 Å². The molecule has 0 radical (unpaired) electrons. The fraction of sp³-hybridized carbons (Fsp3) is 0.200. The number of amides is 1. The summed E-state index contributed by atoms with van der Waals surface area (Å²) in [6, 6.07) is 14.4. The van der Waals surface area contributed by atoms with Gasteiger partial charge in [0.25, 0.3) is 11.5 Å². The monoisotopic (exact) mass is 381 g/mol. The molecule has 2 aromatic carbocycles. The fourth-order valence-electron chi connectivity index (χ4n) is 2.83. The lowest BCUT2D eigenvalue weighted by atomic mass is 10.0. The van der Waals surface area contributed by atoms with Gasteiger partial charge in [-0.2, -0.15) is 0 Å². The summed E-state index contributed by atoms with van der Waals surface area (Å²) in [6.45, 7) is -0.521. The Bertz CT molecular complexity index is 1170. The van der Waals surface area contributed by atoms with E-state index in [4.69, 9.17) is 4.74 Å². The molecule has 0 aliphatic heterocycles. The molecule has 3 rings (SSSR count). The molecule has 1 amide bonds. The third-order valence-electron chi connectivity index (χ3n) is 4.37. The van der Waals surface area contributed by atoms with Crippen molar-refractivity contribution in [3.63, 3.8) is 0 Å². The highest BCUT2D eigenvalue weighted by atomic mass is 16.5. The van der Waals surface area contributed by atoms with Crippen LogP contribution in [0.1, 0.15) is 5.56 Å². The Morgan fingerprint density at radius 3 is 2.50 bits per heavy atom. The van der Waals surface area contributed by atoms with E-state index < -0.39 is 29.7 Å². The molecule has 8 heteroatoms. The number of esters is 1. The lowest BCUT2D eigenvalue weighted by Crippen LogP contribution is -2.38. The van der Waals surface area contributed by atoms with Gasteiger partial charge in [0.1, 0.15) is 5.82 Å². The molecular formula is C20H19N3O5. The number of fused-ring (bicyclic) bond motifs is 1. The van der Waals surface area contributed by atoms with E-state index >= 15 is 0 Å². The highest BCUT2D eigenvalue weighted by Crippen LogP contribution is 2.19. The third-order valence-corrected chi connectivity index (χ3v) is 4.37. The second-order valence-electron chi connectivity index (χ2n) is 6.29. The molecule has 1 N–H and O–H groups in total. The van der Waals surface area contributed by atoms with E-state index in [0.717, 1.165) is 31.5 Å². The molecule has 0 atom stereocenters. The van der Waals surface area contributed by atoms with E-state index in [9.17, 15) is 19.2 Å². The number of anilines is 1. The lowest BCUT2D eigenvalue weighted by molar-refractivity contribution is -0.146. The molecule has 0 saturated heterocycles. The molecule has 0 spiro atoms. The van der Waals surface area contributed by atoms with Gasteiger partial charge in [-0.15, -0.1) is 0 Å². The Morgan fingerprint density at radius 2 is 1.71 bits per heavy atom. The molecule has 3 aromatic rings. The Hall–Kier alpha value is -3.68. The summed E-state index contributed by atoms with van der Waals surface area (Å²) in [5, 5.41) is 4.36. The van der Waals surface area contributed by atoms with Crippen molar-refractivity contribution >= 4 is 28.5 Å². The fourth-order valence-corrected chi connectivity index (χ4v) is 2.83. The molecule has 0 bridgehead atoms. The van der Waals surface area contributed by atoms with Crippen LogP contribution in [0.25, 0.3) is 10.8 Å². The van der Waals surface area contributed by atoms with Crippen LogP contribution in [0.2, 0.25) is 0 Å². The third kappa shape index (κ3) is 4.01. The SMILES string of the molecule is Cn1c(NC(=O)COC(=O)Cc2cccc3ccccc23)cc(=O)n(C)c1=O. The zero-order chi connectivity index (χ0) is 20.3. The molecule has 0 fully saturated rings. The Morgan fingerprint density at radius 1 is 1.00 bits per heavy atom. The number of benzene rings is 2. The molecule has 0 unspecified atom stereocenters. The summed E-state index contributed by atoms with van der Waals surface area (Å²) in [6.07, 6.45) is 0.0268. The van der Waals surface area contributed by atoms with E-state index in [1.165, 1.54) is 14.1 Å². The van der Waals surface area contributed by atoms with Crippen molar-refractivity contribution in [1.29, 1.82) is 0 Å². The van der Waals surface area contributed by atoms with Crippen molar-refractivity contribution in [3.05, 3.63) is 74.9 Å². The van der Waals surface area contributed by atoms with Crippen molar-refractivity contribution in [2.75, 3.05) is 11.9 Å². The second-order valence-corrected chi connectivity index (χ2v) is 6.29. The lowest BCUT2D eigenvalue weighted by Gasteiger charge is -2.11. The number of hydrogen-bond acceptors (Lipinski definition) is 5. The average molecular weight is 381 g/mol. The van der Waals surface area contributed by atoms with Crippen LogP contribution in [0.3, 0.4) is 0 Å². The number of nitrogens with zero attached hydrogens (tertiary/aromatic N) is 2. The first-order valence-electron chi connectivity index (χ1n) is 8.56. The van der Waals surface area contributed by atoms with Crippen molar-refractivity contribution in [2.45, 2.75) is 6.42 Å². The van der Waals surface area contributed by atoms with Gasteiger partial charge in [0.2, 0.25) is 0 Å². The topological polar surface area (TPSA) is 99.4 Å². The number of aromatic nitrogens is 2. The van der Waals surface area contributed by atoms with Crippen LogP contribution < -0.4 is 16.6 Å². The molecular weight excluding hydrogens is 362 g/mol. The molecule has 1 aromatic heterocycles. The van der Waals surface area contributed by atoms with Crippen LogP contribution in [0.5, 0.6) is 0 Å². The van der Waals surface area contributed by atoms with Crippen molar-refractivity contribution in [2.24, 2.45) is 14.1 Å². The highest BCUT2D eigenvalue weighted by molar-refractivity contribution is 5.93. The van der Waals surface area contributed by atoms with Crippen LogP contribution in [-0.4, -0.2) is 27.6 Å². The molecule has 0 saturated carbocycles. The predicted octanol–water partition coefficient (Wildman–Crippen LogP) is 0.962. The van der Waals surface area contributed by atoms with E-state index in [2.05, 4.69) is 5.32 Å². The van der Waals surface area contributed by atoms with Crippen molar-refractivity contribution in [3.8, 4) is 0 Å². The minimum Gasteiger partial charge on any atom is -0.455 e. The number of carbonyl (C=O) groups excluding carboxylic acids is 2. The number of hydrogen-bond donors (Lipinski definition) is 1. The summed E-state index contributed by atoms with van der Waals surface area (Å²) in [7, 11) is 2.76. The quantitative estimate of drug-likeness (QED) is 0.664. The molecule has 28 heavy (non-hydrogen) atoms. The zero-order valence-corrected chi connectivity index (χ0v) is 15.5. The van der Waals surface area contributed by atoms with Crippen molar-refractivity contribution < 1.29 is 14.3 Å². The first-order chi connectivity index (χ1) is 13.4. The van der Waals surface area contributed by atoms with Gasteiger partial charge in [-0.1, -0.05) is 42.5 Å². The Kier molecular flexibility index (Phi) is 5.39. The Balaban J connectivity index is 1.63. The van der Waals surface area contributed by atoms with Gasteiger partial charge < -0.3 is 10.1 Å². The highest BCUT2D eigenvalue weighted by Gasteiger charge is 2.13. The summed E-state index contributed by atoms with van der Waals surface area (Å²) in [5.41, 5.74) is -0.320. The summed E-state index contributed by atoms with van der Waals surface area (Å²) < 4.78 is 7.07. The van der Waals surface area contributed by atoms with Gasteiger partial charge in [-0.25, -0.2) is 4.79 Å². The Labute approximate surface area is 160 Å². The average Bonchev–Trinajstić information content (AvgIpc) is 2.69. The number of nitrogens with one attached hydrogen (secondary N) is 1. The summed E-state index contributed by atoms with van der Waals surface area (Å²) in [4.78, 5) is 47.7. The number of carbonyl (C=O) groups is 2. The van der Waals surface area contributed by atoms with Crippen LogP contribution in [0.4, 0.5) is 5.82 Å². The largest absolute Gasteiger partial charge is 0.455 e. The number of rotatable bonds is 5. The maximum absolute atomic E-state index is 12.1. The second kappa shape index (κ2) is 7.91. The predicted molar refractivity (Wildman–Crippen MR) is 104 cm³/mol. The van der Waals surface area contributed by atoms with Crippen LogP contribution in [-0.2, 0) is 34.8 Å². The van der Waals surface area contributed by atoms with Gasteiger partial charge in [0, 0.05) is 20.2 Å². The van der Waals surface area contributed by atoms with Crippen molar-refractivity contribution in [1.82, 2.24) is 9.13 Å². The van der Waals surface area contributed by atoms with Gasteiger partial charge in [-0.3, -0.25) is 23.5 Å². The number of ether oxygens (including phenoxy) is 1. The van der Waals surface area contributed by atoms with E-state index in [0.29, 0.717) is 0 Å². The van der Waals surface area contributed by atoms with Crippen LogP contribution in [0, 0.1) is 0 Å². The van der Waals surface area contributed by atoms with Crippen LogP contribution >= 0.6 is 0 Å². The molecule has 1 heterocycles. The molecule has 0 aliphatic rings. The summed E-state index contributed by atoms with van der Waals surface area (Å²) >= 11 is 0. The summed E-state index contributed by atoms with van der Waals surface area (Å²) in [5.74, 6) is -1.16. The molecule has 0 aliphatic carbocycles. The smallest absolute Gasteiger partial charge is 0.332 e. The maximum atomic E-state index is 12.1. The first-order valence-corrected chi connectivity index (χ1v) is 8.56. The molecule has 144 valence electrons. The van der Waals surface area contributed by atoms with Crippen LogP contribution in [0.15, 0.2) is 58.1 Å². The minimum absolute atomic E-state index is 0.0268. The van der Waals surface area contributed by atoms with E-state index in [1.807, 2.05) is 42.5 Å². The van der Waals surface area contributed by atoms with Gasteiger partial charge >= 0.3 is 11.7 Å².